The van der Waals surface area contributed by atoms with E-state index in [4.69, 9.17) is 9.90 Å². The summed E-state index contributed by atoms with van der Waals surface area (Å²) in [6, 6.07) is 5.57. The Labute approximate surface area is 115 Å². The first-order chi connectivity index (χ1) is 9.40. The van der Waals surface area contributed by atoms with Gasteiger partial charge >= 0.3 is 0 Å². The maximum absolute atomic E-state index is 10.9. The molecule has 0 aliphatic heterocycles. The minimum absolute atomic E-state index is 0.105. The van der Waals surface area contributed by atoms with Gasteiger partial charge in [0, 0.05) is 19.5 Å². The van der Waals surface area contributed by atoms with Crippen LogP contribution in [0.2, 0.25) is 0 Å². The number of rotatable bonds is 2. The van der Waals surface area contributed by atoms with Crippen LogP contribution in [0.1, 0.15) is 19.4 Å². The lowest BCUT2D eigenvalue weighted by molar-refractivity contribution is -0.134. The number of hydrogen-bond acceptors (Lipinski definition) is 5. The Morgan fingerprint density at radius 3 is 2.45 bits per heavy atom. The van der Waals surface area contributed by atoms with E-state index in [1.54, 1.807) is 4.68 Å². The van der Waals surface area contributed by atoms with Gasteiger partial charge in [-0.1, -0.05) is 6.07 Å². The number of nitrogens with one attached hydrogen (secondary N) is 1. The van der Waals surface area contributed by atoms with E-state index >= 15 is 0 Å². The van der Waals surface area contributed by atoms with Crippen molar-refractivity contribution in [1.29, 1.82) is 0 Å². The Morgan fingerprint density at radius 2 is 1.95 bits per heavy atom. The lowest BCUT2D eigenvalue weighted by atomic mass is 10.2. The Morgan fingerprint density at radius 1 is 1.30 bits per heavy atom. The van der Waals surface area contributed by atoms with Gasteiger partial charge in [-0.3, -0.25) is 9.59 Å². The number of tetrazole rings is 1. The van der Waals surface area contributed by atoms with E-state index in [0.29, 0.717) is 0 Å². The van der Waals surface area contributed by atoms with Gasteiger partial charge in [-0.05, 0) is 35.0 Å². The summed E-state index contributed by atoms with van der Waals surface area (Å²) in [6.07, 6.45) is 1.51. The highest BCUT2D eigenvalue weighted by Crippen LogP contribution is 2.17. The van der Waals surface area contributed by atoms with Crippen LogP contribution in [0.5, 0.6) is 0 Å². The van der Waals surface area contributed by atoms with E-state index in [-0.39, 0.29) is 5.91 Å². The van der Waals surface area contributed by atoms with Crippen LogP contribution in [0.4, 0.5) is 5.69 Å². The molecule has 0 radical (unpaired) electrons. The van der Waals surface area contributed by atoms with Gasteiger partial charge in [0.05, 0.1) is 5.69 Å². The second kappa shape index (κ2) is 6.98. The molecule has 1 aromatic carbocycles. The van der Waals surface area contributed by atoms with E-state index in [1.165, 1.54) is 13.3 Å². The molecule has 0 spiro atoms. The molecule has 0 unspecified atom stereocenters. The molecule has 1 aromatic heterocycles. The van der Waals surface area contributed by atoms with Crippen molar-refractivity contribution >= 4 is 17.6 Å². The summed E-state index contributed by atoms with van der Waals surface area (Å²) in [7, 11) is 0. The van der Waals surface area contributed by atoms with Gasteiger partial charge in [0.2, 0.25) is 5.91 Å². The zero-order valence-corrected chi connectivity index (χ0v) is 11.4. The maximum atomic E-state index is 10.9. The van der Waals surface area contributed by atoms with Crippen molar-refractivity contribution in [3.05, 3.63) is 30.1 Å². The van der Waals surface area contributed by atoms with E-state index in [9.17, 15) is 4.79 Å². The molecule has 0 fully saturated rings. The van der Waals surface area contributed by atoms with Gasteiger partial charge in [0.25, 0.3) is 5.97 Å². The predicted octanol–water partition coefficient (Wildman–Crippen LogP) is 1.02. The number of anilines is 1. The predicted molar refractivity (Wildman–Crippen MR) is 71.5 cm³/mol. The smallest absolute Gasteiger partial charge is 0.300 e. The van der Waals surface area contributed by atoms with Crippen molar-refractivity contribution in [2.45, 2.75) is 20.8 Å². The second-order valence-electron chi connectivity index (χ2n) is 3.96. The molecule has 0 saturated heterocycles. The maximum Gasteiger partial charge on any atom is 0.300 e. The highest BCUT2D eigenvalue weighted by Gasteiger charge is 2.04. The highest BCUT2D eigenvalue weighted by atomic mass is 16.4. The molecule has 2 aromatic rings. The van der Waals surface area contributed by atoms with Crippen LogP contribution in [-0.4, -0.2) is 37.2 Å². The largest absolute Gasteiger partial charge is 0.481 e. The van der Waals surface area contributed by atoms with E-state index in [1.807, 2.05) is 25.1 Å². The molecule has 20 heavy (non-hydrogen) atoms. The van der Waals surface area contributed by atoms with E-state index < -0.39 is 5.97 Å². The zero-order valence-electron chi connectivity index (χ0n) is 11.4. The Kier molecular flexibility index (Phi) is 5.33. The van der Waals surface area contributed by atoms with E-state index in [2.05, 4.69) is 20.8 Å². The van der Waals surface area contributed by atoms with E-state index in [0.717, 1.165) is 23.9 Å². The van der Waals surface area contributed by atoms with Gasteiger partial charge in [-0.25, -0.2) is 4.68 Å². The van der Waals surface area contributed by atoms with Crippen molar-refractivity contribution in [3.8, 4) is 5.69 Å². The number of amides is 1. The summed E-state index contributed by atoms with van der Waals surface area (Å²) < 4.78 is 1.56. The number of carboxylic acid groups (broad SMARTS) is 1. The third-order valence-electron chi connectivity index (χ3n) is 2.13. The number of carboxylic acids is 1. The molecule has 1 amide bonds. The summed E-state index contributed by atoms with van der Waals surface area (Å²) in [5.74, 6) is -0.938. The van der Waals surface area contributed by atoms with Gasteiger partial charge in [-0.2, -0.15) is 0 Å². The Bertz CT molecular complexity index is 591. The van der Waals surface area contributed by atoms with Crippen LogP contribution in [0, 0.1) is 6.92 Å². The van der Waals surface area contributed by atoms with Crippen molar-refractivity contribution in [2.75, 3.05) is 5.32 Å². The summed E-state index contributed by atoms with van der Waals surface area (Å²) in [4.78, 5) is 19.9. The van der Waals surface area contributed by atoms with Crippen molar-refractivity contribution in [1.82, 2.24) is 20.2 Å². The molecule has 1 heterocycles. The normalized spacial score (nSPS) is 9.35. The van der Waals surface area contributed by atoms with Crippen LogP contribution in [0.3, 0.4) is 0 Å². The van der Waals surface area contributed by atoms with Gasteiger partial charge in [0.15, 0.2) is 0 Å². The first-order valence-corrected chi connectivity index (χ1v) is 5.71. The number of aliphatic carboxylic acids is 1. The quantitative estimate of drug-likeness (QED) is 0.848. The number of carbonyl (C=O) groups is 2. The number of carbonyl (C=O) groups excluding carboxylic acids is 1. The Hall–Kier alpha value is -2.77. The lowest BCUT2D eigenvalue weighted by Crippen LogP contribution is -2.07. The molecule has 2 N–H and O–H groups in total. The first-order valence-electron chi connectivity index (χ1n) is 5.71. The van der Waals surface area contributed by atoms with Crippen LogP contribution in [0.15, 0.2) is 24.5 Å². The third-order valence-corrected chi connectivity index (χ3v) is 2.13. The molecule has 0 aliphatic rings. The van der Waals surface area contributed by atoms with Gasteiger partial charge < -0.3 is 10.4 Å². The molecule has 0 atom stereocenters. The first kappa shape index (κ1) is 15.3. The summed E-state index contributed by atoms with van der Waals surface area (Å²) in [5, 5.41) is 21.1. The van der Waals surface area contributed by atoms with Crippen molar-refractivity contribution in [3.63, 3.8) is 0 Å². The lowest BCUT2D eigenvalue weighted by Gasteiger charge is -2.07. The average molecular weight is 277 g/mol. The molecule has 8 nitrogen and oxygen atoms in total. The molecule has 0 aliphatic carbocycles. The molecule has 8 heteroatoms. The standard InChI is InChI=1S/C10H11N5O.C2H4O2/c1-7-3-4-9(12-8(2)16)5-10(7)15-6-11-13-14-15;1-2(3)4/h3-6H,1-2H3,(H,12,16);1H3,(H,3,4). The monoisotopic (exact) mass is 277 g/mol. The molecular formula is C12H15N5O3. The van der Waals surface area contributed by atoms with Crippen LogP contribution >= 0.6 is 0 Å². The van der Waals surface area contributed by atoms with Crippen molar-refractivity contribution in [2.24, 2.45) is 0 Å². The molecule has 2 rings (SSSR count). The summed E-state index contributed by atoms with van der Waals surface area (Å²) in [6.45, 7) is 4.51. The van der Waals surface area contributed by atoms with Crippen LogP contribution in [-0.2, 0) is 9.59 Å². The van der Waals surface area contributed by atoms with Crippen molar-refractivity contribution < 1.29 is 14.7 Å². The SMILES string of the molecule is CC(=O)Nc1ccc(C)c(-n2cnnn2)c1.CC(=O)O. The fourth-order valence-corrected chi connectivity index (χ4v) is 1.41. The molecule has 0 bridgehead atoms. The average Bonchev–Trinajstić information content (AvgIpc) is 2.83. The second-order valence-corrected chi connectivity index (χ2v) is 3.96. The van der Waals surface area contributed by atoms with Gasteiger partial charge in [0.1, 0.15) is 6.33 Å². The Balaban J connectivity index is 0.000000444. The summed E-state index contributed by atoms with van der Waals surface area (Å²) in [5.41, 5.74) is 2.60. The molecule has 106 valence electrons. The topological polar surface area (TPSA) is 110 Å². The van der Waals surface area contributed by atoms with Gasteiger partial charge in [-0.15, -0.1) is 5.10 Å². The van der Waals surface area contributed by atoms with Crippen LogP contribution < -0.4 is 5.32 Å². The number of aryl methyl sites for hydroxylation is 1. The number of hydrogen-bond donors (Lipinski definition) is 2. The molecule has 0 saturated carbocycles. The van der Waals surface area contributed by atoms with Crippen LogP contribution in [0.25, 0.3) is 5.69 Å². The minimum atomic E-state index is -0.833. The number of aromatic nitrogens is 4. The zero-order chi connectivity index (χ0) is 15.1. The molecular weight excluding hydrogens is 262 g/mol. The third kappa shape index (κ3) is 4.84. The number of nitrogens with zero attached hydrogens (tertiary/aromatic N) is 4. The minimum Gasteiger partial charge on any atom is -0.481 e. The fourth-order valence-electron chi connectivity index (χ4n) is 1.41. The fraction of sp³-hybridized carbons (Fsp3) is 0.250. The summed E-state index contributed by atoms with van der Waals surface area (Å²) >= 11 is 0. The highest BCUT2D eigenvalue weighted by molar-refractivity contribution is 5.89. The number of benzene rings is 1.